The van der Waals surface area contributed by atoms with Gasteiger partial charge in [-0.1, -0.05) is 48.5 Å². The summed E-state index contributed by atoms with van der Waals surface area (Å²) < 4.78 is 28.7. The number of benzene rings is 3. The van der Waals surface area contributed by atoms with E-state index in [4.69, 9.17) is 0 Å². The molecule has 1 aromatic heterocycles. The standard InChI is InChI=1S/C29H27NO4S/c1-29(2,35(4,32)33)25-18-24-9-6-16-30-28(24)26(19-25)23-8-5-7-22(17-23)21-13-10-20(11-14-21)12-15-27(31)34-3/h5-19H,1-4H3/b15-12+. The molecule has 4 aromatic rings. The second kappa shape index (κ2) is 9.47. The van der Waals surface area contributed by atoms with Crippen molar-refractivity contribution < 1.29 is 17.9 Å². The molecule has 3 aromatic carbocycles. The van der Waals surface area contributed by atoms with Gasteiger partial charge in [-0.15, -0.1) is 0 Å². The van der Waals surface area contributed by atoms with Crippen molar-refractivity contribution in [1.29, 1.82) is 0 Å². The molecule has 0 aliphatic rings. The van der Waals surface area contributed by atoms with Gasteiger partial charge in [-0.3, -0.25) is 4.98 Å². The SMILES string of the molecule is COC(=O)/C=C/c1ccc(-c2cccc(-c3cc(C(C)(C)S(C)(=O)=O)cc4cccnc34)c2)cc1. The van der Waals surface area contributed by atoms with Crippen LogP contribution in [0.3, 0.4) is 0 Å². The molecule has 35 heavy (non-hydrogen) atoms. The molecule has 0 bridgehead atoms. The van der Waals surface area contributed by atoms with Crippen LogP contribution >= 0.6 is 0 Å². The zero-order valence-electron chi connectivity index (χ0n) is 20.1. The Bertz CT molecular complexity index is 1540. The van der Waals surface area contributed by atoms with Gasteiger partial charge in [-0.25, -0.2) is 13.2 Å². The first-order valence-corrected chi connectivity index (χ1v) is 13.0. The van der Waals surface area contributed by atoms with Crippen LogP contribution in [0.1, 0.15) is 25.0 Å². The van der Waals surface area contributed by atoms with E-state index in [9.17, 15) is 13.2 Å². The highest BCUT2D eigenvalue weighted by Crippen LogP contribution is 2.37. The molecule has 0 amide bonds. The van der Waals surface area contributed by atoms with Gasteiger partial charge in [-0.2, -0.15) is 0 Å². The van der Waals surface area contributed by atoms with Crippen LogP contribution in [0.5, 0.6) is 0 Å². The highest BCUT2D eigenvalue weighted by atomic mass is 32.2. The van der Waals surface area contributed by atoms with E-state index in [2.05, 4.69) is 15.8 Å². The smallest absolute Gasteiger partial charge is 0.330 e. The number of hydrogen-bond acceptors (Lipinski definition) is 5. The number of nitrogens with zero attached hydrogens (tertiary/aromatic N) is 1. The van der Waals surface area contributed by atoms with E-state index < -0.39 is 20.6 Å². The maximum atomic E-state index is 12.6. The minimum absolute atomic E-state index is 0.399. The molecule has 0 aliphatic heterocycles. The highest BCUT2D eigenvalue weighted by molar-refractivity contribution is 7.91. The number of hydrogen-bond donors (Lipinski definition) is 0. The number of fused-ring (bicyclic) bond motifs is 1. The van der Waals surface area contributed by atoms with Gasteiger partial charge in [-0.05, 0) is 72.0 Å². The van der Waals surface area contributed by atoms with E-state index in [1.54, 1.807) is 26.1 Å². The molecule has 0 aliphatic carbocycles. The minimum atomic E-state index is -3.35. The fourth-order valence-electron chi connectivity index (χ4n) is 3.86. The summed E-state index contributed by atoms with van der Waals surface area (Å²) in [6.45, 7) is 3.46. The topological polar surface area (TPSA) is 73.3 Å². The van der Waals surface area contributed by atoms with Gasteiger partial charge in [0.25, 0.3) is 0 Å². The van der Waals surface area contributed by atoms with Crippen LogP contribution in [0.4, 0.5) is 0 Å². The van der Waals surface area contributed by atoms with E-state index in [-0.39, 0.29) is 0 Å². The van der Waals surface area contributed by atoms with Gasteiger partial charge < -0.3 is 4.74 Å². The monoisotopic (exact) mass is 485 g/mol. The maximum Gasteiger partial charge on any atom is 0.330 e. The Hall–Kier alpha value is -3.77. The van der Waals surface area contributed by atoms with E-state index >= 15 is 0 Å². The van der Waals surface area contributed by atoms with Crippen molar-refractivity contribution in [2.24, 2.45) is 0 Å². The number of sulfone groups is 1. The molecule has 0 radical (unpaired) electrons. The van der Waals surface area contributed by atoms with Gasteiger partial charge in [0.2, 0.25) is 0 Å². The molecule has 0 unspecified atom stereocenters. The van der Waals surface area contributed by atoms with Crippen LogP contribution in [0, 0.1) is 0 Å². The summed E-state index contributed by atoms with van der Waals surface area (Å²) in [4.78, 5) is 15.9. The second-order valence-corrected chi connectivity index (χ2v) is 11.5. The van der Waals surface area contributed by atoms with Crippen molar-refractivity contribution in [3.8, 4) is 22.3 Å². The summed E-state index contributed by atoms with van der Waals surface area (Å²) in [6.07, 6.45) is 6.11. The first-order chi connectivity index (χ1) is 16.6. The minimum Gasteiger partial charge on any atom is -0.466 e. The van der Waals surface area contributed by atoms with Crippen LogP contribution in [-0.2, 0) is 24.1 Å². The Labute approximate surface area is 206 Å². The van der Waals surface area contributed by atoms with Crippen molar-refractivity contribution in [3.05, 3.63) is 96.2 Å². The zero-order valence-corrected chi connectivity index (χ0v) is 21.0. The molecule has 0 saturated carbocycles. The van der Waals surface area contributed by atoms with Crippen molar-refractivity contribution in [2.45, 2.75) is 18.6 Å². The van der Waals surface area contributed by atoms with Crippen LogP contribution in [0.25, 0.3) is 39.2 Å². The number of pyridine rings is 1. The third-order valence-corrected chi connectivity index (χ3v) is 8.45. The first kappa shape index (κ1) is 24.4. The van der Waals surface area contributed by atoms with E-state index in [1.807, 2.05) is 66.7 Å². The third-order valence-electron chi connectivity index (χ3n) is 6.36. The number of methoxy groups -OCH3 is 1. The van der Waals surface area contributed by atoms with Crippen molar-refractivity contribution in [2.75, 3.05) is 13.4 Å². The molecule has 0 saturated heterocycles. The molecule has 0 spiro atoms. The maximum absolute atomic E-state index is 12.6. The Morgan fingerprint density at radius 2 is 1.63 bits per heavy atom. The molecule has 1 heterocycles. The predicted octanol–water partition coefficient (Wildman–Crippen LogP) is 6.03. The van der Waals surface area contributed by atoms with Crippen molar-refractivity contribution in [3.63, 3.8) is 0 Å². The largest absolute Gasteiger partial charge is 0.466 e. The highest BCUT2D eigenvalue weighted by Gasteiger charge is 2.33. The summed E-state index contributed by atoms with van der Waals surface area (Å²) >= 11 is 0. The quantitative estimate of drug-likeness (QED) is 0.246. The molecule has 0 N–H and O–H groups in total. The molecule has 178 valence electrons. The van der Waals surface area contributed by atoms with Crippen molar-refractivity contribution in [1.82, 2.24) is 4.98 Å². The Morgan fingerprint density at radius 1 is 0.914 bits per heavy atom. The van der Waals surface area contributed by atoms with E-state index in [1.165, 1.54) is 19.4 Å². The average molecular weight is 486 g/mol. The van der Waals surface area contributed by atoms with Gasteiger partial charge in [0.15, 0.2) is 9.84 Å². The van der Waals surface area contributed by atoms with E-state index in [0.29, 0.717) is 0 Å². The normalized spacial score (nSPS) is 12.2. The Kier molecular flexibility index (Phi) is 6.59. The van der Waals surface area contributed by atoms with Crippen LogP contribution in [-0.4, -0.2) is 32.7 Å². The van der Waals surface area contributed by atoms with E-state index in [0.717, 1.165) is 44.3 Å². The summed E-state index contributed by atoms with van der Waals surface area (Å²) in [7, 11) is -2.00. The lowest BCUT2D eigenvalue weighted by Gasteiger charge is -2.24. The Balaban J connectivity index is 1.79. The van der Waals surface area contributed by atoms with Crippen molar-refractivity contribution >= 4 is 32.8 Å². The number of rotatable bonds is 6. The van der Waals surface area contributed by atoms with Gasteiger partial charge in [0.1, 0.15) is 0 Å². The molecular formula is C29H27NO4S. The van der Waals surface area contributed by atoms with Crippen LogP contribution in [0.2, 0.25) is 0 Å². The summed E-state index contributed by atoms with van der Waals surface area (Å²) in [5.74, 6) is -0.399. The molecule has 6 heteroatoms. The Morgan fingerprint density at radius 3 is 2.31 bits per heavy atom. The zero-order chi connectivity index (χ0) is 25.2. The second-order valence-electron chi connectivity index (χ2n) is 8.94. The molecule has 0 atom stereocenters. The summed E-state index contributed by atoms with van der Waals surface area (Å²) in [5.41, 5.74) is 6.31. The lowest BCUT2D eigenvalue weighted by molar-refractivity contribution is -0.134. The molecule has 4 rings (SSSR count). The fraction of sp³-hybridized carbons (Fsp3) is 0.172. The number of carbonyl (C=O) groups is 1. The van der Waals surface area contributed by atoms with Gasteiger partial charge in [0, 0.05) is 29.5 Å². The number of esters is 1. The fourth-order valence-corrected chi connectivity index (χ4v) is 4.41. The molecular weight excluding hydrogens is 458 g/mol. The summed E-state index contributed by atoms with van der Waals surface area (Å²) in [6, 6.07) is 23.6. The number of carbonyl (C=O) groups excluding carboxylic acids is 1. The number of aromatic nitrogens is 1. The lowest BCUT2D eigenvalue weighted by atomic mass is 9.92. The lowest BCUT2D eigenvalue weighted by Crippen LogP contribution is -2.28. The van der Waals surface area contributed by atoms with Gasteiger partial charge in [0.05, 0.1) is 17.4 Å². The average Bonchev–Trinajstić information content (AvgIpc) is 2.86. The van der Waals surface area contributed by atoms with Gasteiger partial charge >= 0.3 is 5.97 Å². The predicted molar refractivity (Wildman–Crippen MR) is 142 cm³/mol. The first-order valence-electron chi connectivity index (χ1n) is 11.2. The summed E-state index contributed by atoms with van der Waals surface area (Å²) in [5, 5.41) is 0.892. The van der Waals surface area contributed by atoms with Crippen LogP contribution < -0.4 is 0 Å². The number of ether oxygens (including phenoxy) is 1. The third kappa shape index (κ3) is 5.03. The van der Waals surface area contributed by atoms with Crippen LogP contribution in [0.15, 0.2) is 85.1 Å². The molecule has 0 fully saturated rings. The molecule has 5 nitrogen and oxygen atoms in total.